The highest BCUT2D eigenvalue weighted by Gasteiger charge is 2.13. The van der Waals surface area contributed by atoms with Gasteiger partial charge in [0.05, 0.1) is 6.54 Å². The molecule has 1 amide bonds. The van der Waals surface area contributed by atoms with Gasteiger partial charge in [-0.15, -0.1) is 0 Å². The third kappa shape index (κ3) is 10.4. The van der Waals surface area contributed by atoms with Crippen molar-refractivity contribution in [3.63, 3.8) is 0 Å². The molecule has 0 spiro atoms. The third-order valence-electron chi connectivity index (χ3n) is 5.90. The average molecular weight is 577 g/mol. The van der Waals surface area contributed by atoms with E-state index < -0.39 is 0 Å². The van der Waals surface area contributed by atoms with E-state index in [4.69, 9.17) is 10.2 Å². The molecule has 43 heavy (non-hydrogen) atoms. The van der Waals surface area contributed by atoms with Crippen molar-refractivity contribution in [1.82, 2.24) is 15.3 Å². The van der Waals surface area contributed by atoms with Gasteiger partial charge in [-0.25, -0.2) is 4.98 Å². The number of hydrogen-bond acceptors (Lipinski definition) is 5. The Balaban J connectivity index is 0.000000358. The predicted molar refractivity (Wildman–Crippen MR) is 183 cm³/mol. The van der Waals surface area contributed by atoms with Gasteiger partial charge in [-0.2, -0.15) is 0 Å². The van der Waals surface area contributed by atoms with Crippen molar-refractivity contribution in [3.05, 3.63) is 115 Å². The maximum Gasteiger partial charge on any atom is 0.207 e. The van der Waals surface area contributed by atoms with Gasteiger partial charge in [-0.1, -0.05) is 82.7 Å². The highest BCUT2D eigenvalue weighted by molar-refractivity contribution is 5.97. The number of nitrogens with one attached hydrogen (secondary N) is 1. The number of anilines is 1. The highest BCUT2D eigenvalue weighted by Crippen LogP contribution is 2.36. The second-order valence-corrected chi connectivity index (χ2v) is 9.47. The van der Waals surface area contributed by atoms with Crippen molar-refractivity contribution in [3.8, 4) is 22.3 Å². The fourth-order valence-electron chi connectivity index (χ4n) is 4.00. The van der Waals surface area contributed by atoms with E-state index in [1.54, 1.807) is 24.7 Å². The first-order chi connectivity index (χ1) is 20.9. The fraction of sp³-hybridized carbons (Fsp3) is 0.216. The Morgan fingerprint density at radius 1 is 0.953 bits per heavy atom. The molecule has 0 aliphatic rings. The summed E-state index contributed by atoms with van der Waals surface area (Å²) in [5, 5.41) is 3.65. The number of benzene rings is 2. The van der Waals surface area contributed by atoms with Gasteiger partial charge in [0.25, 0.3) is 0 Å². The van der Waals surface area contributed by atoms with Crippen molar-refractivity contribution < 1.29 is 9.21 Å². The highest BCUT2D eigenvalue weighted by atomic mass is 16.3. The summed E-state index contributed by atoms with van der Waals surface area (Å²) in [5.41, 5.74) is 13.7. The molecule has 6 heteroatoms. The molecule has 3 heterocycles. The number of nitrogens with two attached hydrogens (primary N) is 1. The second-order valence-electron chi connectivity index (χ2n) is 9.47. The number of furan rings is 1. The van der Waals surface area contributed by atoms with Gasteiger partial charge in [-0.05, 0) is 84.1 Å². The lowest BCUT2D eigenvalue weighted by atomic mass is 9.96. The Labute approximate surface area is 256 Å². The number of rotatable bonds is 7. The van der Waals surface area contributed by atoms with Gasteiger partial charge in [0.1, 0.15) is 17.2 Å². The van der Waals surface area contributed by atoms with Crippen LogP contribution in [0.5, 0.6) is 0 Å². The summed E-state index contributed by atoms with van der Waals surface area (Å²) in [4.78, 5) is 18.7. The minimum absolute atomic E-state index is 0.358. The SMILES string of the molecule is C/C=C/c1ccc(N)nc1.C=C(C)c1ccc(-c2cc(-c3ccncc3)c3oc(CNC=O)cc3c2)cc1.CC.CCC. The summed E-state index contributed by atoms with van der Waals surface area (Å²) < 4.78 is 6.04. The normalized spacial score (nSPS) is 10.0. The van der Waals surface area contributed by atoms with Crippen molar-refractivity contribution in [1.29, 1.82) is 0 Å². The molecule has 0 aliphatic heterocycles. The number of aromatic nitrogens is 2. The maximum absolute atomic E-state index is 10.6. The van der Waals surface area contributed by atoms with Crippen LogP contribution in [-0.2, 0) is 11.3 Å². The van der Waals surface area contributed by atoms with E-state index in [0.29, 0.717) is 24.5 Å². The molecule has 0 aliphatic carbocycles. The molecule has 224 valence electrons. The van der Waals surface area contributed by atoms with Crippen LogP contribution in [0.1, 0.15) is 64.9 Å². The van der Waals surface area contributed by atoms with Gasteiger partial charge in [0.15, 0.2) is 0 Å². The molecule has 3 N–H and O–H groups in total. The molecule has 0 atom stereocenters. The standard InChI is InChI=1S/C24H20N2O2.C8H10N2.C3H8.C2H6/c1-16(2)17-3-5-18(6-4-17)20-11-21-12-22(14-26-15-27)28-24(21)23(13-20)19-7-9-25-10-8-19;1-2-3-7-4-5-8(9)10-6-7;1-3-2;1-2/h3-13,15H,1,14H2,2H3,(H,26,27);2-6H,1H3,(H2,9,10);3H2,1-2H3;1-2H3/b;3-2+;;. The van der Waals surface area contributed by atoms with Crippen molar-refractivity contribution in [2.45, 2.75) is 54.5 Å². The van der Waals surface area contributed by atoms with E-state index in [0.717, 1.165) is 49.9 Å². The van der Waals surface area contributed by atoms with Crippen LogP contribution in [-0.4, -0.2) is 16.4 Å². The van der Waals surface area contributed by atoms with Crippen LogP contribution >= 0.6 is 0 Å². The molecule has 0 saturated carbocycles. The number of hydrogen-bond donors (Lipinski definition) is 2. The van der Waals surface area contributed by atoms with Crippen LogP contribution < -0.4 is 11.1 Å². The van der Waals surface area contributed by atoms with Crippen LogP contribution in [0.15, 0.2) is 102 Å². The molecule has 0 radical (unpaired) electrons. The molecule has 0 saturated heterocycles. The van der Waals surface area contributed by atoms with Crippen LogP contribution in [0, 0.1) is 0 Å². The zero-order valence-electron chi connectivity index (χ0n) is 26.2. The van der Waals surface area contributed by atoms with Crippen LogP contribution in [0.4, 0.5) is 5.82 Å². The molecular formula is C37H44N4O2. The smallest absolute Gasteiger partial charge is 0.207 e. The lowest BCUT2D eigenvalue weighted by Gasteiger charge is -2.09. The maximum atomic E-state index is 10.6. The lowest BCUT2D eigenvalue weighted by molar-refractivity contribution is -0.109. The fourth-order valence-corrected chi connectivity index (χ4v) is 4.00. The molecule has 0 fully saturated rings. The van der Waals surface area contributed by atoms with Gasteiger partial charge < -0.3 is 15.5 Å². The van der Waals surface area contributed by atoms with Crippen LogP contribution in [0.2, 0.25) is 0 Å². The number of carbonyl (C=O) groups excluding carboxylic acids is 1. The first-order valence-corrected chi connectivity index (χ1v) is 14.6. The molecule has 2 aromatic carbocycles. The van der Waals surface area contributed by atoms with E-state index in [9.17, 15) is 4.79 Å². The summed E-state index contributed by atoms with van der Waals surface area (Å²) in [6.45, 7) is 16.6. The van der Waals surface area contributed by atoms with Gasteiger partial charge in [0.2, 0.25) is 6.41 Å². The average Bonchev–Trinajstić information content (AvgIpc) is 3.46. The number of fused-ring (bicyclic) bond motifs is 1. The Hall–Kier alpha value is -4.97. The summed E-state index contributed by atoms with van der Waals surface area (Å²) in [5.74, 6) is 1.28. The zero-order valence-corrected chi connectivity index (χ0v) is 26.2. The number of carbonyl (C=O) groups is 1. The number of allylic oxidation sites excluding steroid dienone is 2. The number of amides is 1. The summed E-state index contributed by atoms with van der Waals surface area (Å²) in [7, 11) is 0. The van der Waals surface area contributed by atoms with Crippen molar-refractivity contribution in [2.24, 2.45) is 0 Å². The Bertz CT molecular complexity index is 1570. The molecule has 0 bridgehead atoms. The van der Waals surface area contributed by atoms with E-state index in [1.165, 1.54) is 6.42 Å². The van der Waals surface area contributed by atoms with Crippen molar-refractivity contribution in [2.75, 3.05) is 5.73 Å². The quantitative estimate of drug-likeness (QED) is 0.188. The van der Waals surface area contributed by atoms with Gasteiger partial charge in [-0.3, -0.25) is 9.78 Å². The first kappa shape index (κ1) is 34.2. The predicted octanol–water partition coefficient (Wildman–Crippen LogP) is 9.58. The first-order valence-electron chi connectivity index (χ1n) is 14.6. The van der Waals surface area contributed by atoms with E-state index >= 15 is 0 Å². The molecule has 6 nitrogen and oxygen atoms in total. The zero-order chi connectivity index (χ0) is 31.6. The third-order valence-corrected chi connectivity index (χ3v) is 5.90. The number of pyridine rings is 2. The van der Waals surface area contributed by atoms with Gasteiger partial charge in [0, 0.05) is 29.5 Å². The number of nitrogens with zero attached hydrogens (tertiary/aromatic N) is 2. The monoisotopic (exact) mass is 576 g/mol. The van der Waals surface area contributed by atoms with Crippen LogP contribution in [0.3, 0.4) is 0 Å². The lowest BCUT2D eigenvalue weighted by Crippen LogP contribution is -2.08. The minimum atomic E-state index is 0.358. The second kappa shape index (κ2) is 18.5. The molecule has 5 rings (SSSR count). The Kier molecular flexibility index (Phi) is 14.7. The Morgan fingerprint density at radius 3 is 2.19 bits per heavy atom. The molecule has 0 unspecified atom stereocenters. The van der Waals surface area contributed by atoms with Crippen molar-refractivity contribution >= 4 is 34.8 Å². The summed E-state index contributed by atoms with van der Waals surface area (Å²) in [6, 6.07) is 22.3. The minimum Gasteiger partial charge on any atom is -0.459 e. The molecule has 5 aromatic rings. The molecule has 3 aromatic heterocycles. The van der Waals surface area contributed by atoms with Crippen LogP contribution in [0.25, 0.3) is 44.9 Å². The summed E-state index contributed by atoms with van der Waals surface area (Å²) >= 11 is 0. The number of nitrogen functional groups attached to an aromatic ring is 1. The molecular weight excluding hydrogens is 532 g/mol. The van der Waals surface area contributed by atoms with Gasteiger partial charge >= 0.3 is 0 Å². The van der Waals surface area contributed by atoms with E-state index in [-0.39, 0.29) is 0 Å². The van der Waals surface area contributed by atoms with E-state index in [2.05, 4.69) is 72.1 Å². The Morgan fingerprint density at radius 2 is 1.63 bits per heavy atom. The summed E-state index contributed by atoms with van der Waals surface area (Å²) in [6.07, 6.45) is 11.2. The topological polar surface area (TPSA) is 94.0 Å². The van der Waals surface area contributed by atoms with E-state index in [1.807, 2.05) is 64.1 Å². The largest absolute Gasteiger partial charge is 0.459 e.